The van der Waals surface area contributed by atoms with Crippen molar-refractivity contribution in [2.75, 3.05) is 5.75 Å². The maximum atomic E-state index is 12.0. The van der Waals surface area contributed by atoms with E-state index in [1.807, 2.05) is 29.8 Å². The van der Waals surface area contributed by atoms with E-state index in [2.05, 4.69) is 35.4 Å². The molecule has 122 valence electrons. The third kappa shape index (κ3) is 3.75. The van der Waals surface area contributed by atoms with Gasteiger partial charge in [0.1, 0.15) is 0 Å². The molecular formula is C17H22N4OS. The van der Waals surface area contributed by atoms with E-state index < -0.39 is 0 Å². The molecule has 3 rings (SSSR count). The van der Waals surface area contributed by atoms with Crippen LogP contribution in [0.2, 0.25) is 0 Å². The Morgan fingerprint density at radius 2 is 2.13 bits per heavy atom. The molecule has 0 spiro atoms. The van der Waals surface area contributed by atoms with Gasteiger partial charge in [-0.25, -0.2) is 0 Å². The fourth-order valence-electron chi connectivity index (χ4n) is 2.64. The number of nitrogens with one attached hydrogen (secondary N) is 1. The molecule has 0 aliphatic heterocycles. The summed E-state index contributed by atoms with van der Waals surface area (Å²) in [5, 5.41) is 12.3. The van der Waals surface area contributed by atoms with Crippen LogP contribution in [-0.4, -0.2) is 32.5 Å². The molecule has 1 aromatic heterocycles. The minimum atomic E-state index is 0.0647. The van der Waals surface area contributed by atoms with Crippen LogP contribution in [0.3, 0.4) is 0 Å². The number of aryl methyl sites for hydroxylation is 1. The molecule has 1 atom stereocenters. The van der Waals surface area contributed by atoms with Crippen LogP contribution in [0, 0.1) is 12.8 Å². The second-order valence-corrected chi connectivity index (χ2v) is 7.10. The van der Waals surface area contributed by atoms with Gasteiger partial charge in [0.05, 0.1) is 5.75 Å². The molecule has 1 fully saturated rings. The van der Waals surface area contributed by atoms with Gasteiger partial charge in [0.15, 0.2) is 11.0 Å². The quantitative estimate of drug-likeness (QED) is 0.828. The van der Waals surface area contributed by atoms with Crippen LogP contribution in [0.15, 0.2) is 29.4 Å². The Balaban J connectivity index is 1.63. The van der Waals surface area contributed by atoms with Gasteiger partial charge in [0, 0.05) is 18.7 Å². The van der Waals surface area contributed by atoms with Crippen molar-refractivity contribution in [1.82, 2.24) is 20.1 Å². The standard InChI is InChI=1S/C17H22N4OS/c1-11-6-4-5-7-14(11)16-19-20-17(21(16)3)23-10-15(22)18-12(2)13-8-9-13/h4-7,12-13H,8-10H2,1-3H3,(H,18,22). The minimum absolute atomic E-state index is 0.0647. The molecule has 0 saturated heterocycles. The molecule has 1 N–H and O–H groups in total. The number of rotatable bonds is 6. The van der Waals surface area contributed by atoms with Gasteiger partial charge in [-0.15, -0.1) is 10.2 Å². The van der Waals surface area contributed by atoms with Crippen LogP contribution in [0.25, 0.3) is 11.4 Å². The summed E-state index contributed by atoms with van der Waals surface area (Å²) in [6, 6.07) is 8.39. The van der Waals surface area contributed by atoms with E-state index in [0.717, 1.165) is 22.1 Å². The zero-order valence-electron chi connectivity index (χ0n) is 13.7. The van der Waals surface area contributed by atoms with Crippen molar-refractivity contribution in [3.05, 3.63) is 29.8 Å². The average Bonchev–Trinajstić information content (AvgIpc) is 3.31. The van der Waals surface area contributed by atoms with E-state index in [0.29, 0.717) is 11.7 Å². The number of thioether (sulfide) groups is 1. The van der Waals surface area contributed by atoms with Crippen LogP contribution in [-0.2, 0) is 11.8 Å². The van der Waals surface area contributed by atoms with Gasteiger partial charge < -0.3 is 9.88 Å². The smallest absolute Gasteiger partial charge is 0.230 e. The molecule has 0 radical (unpaired) electrons. The Bertz CT molecular complexity index is 708. The third-order valence-corrected chi connectivity index (χ3v) is 5.29. The Morgan fingerprint density at radius 1 is 1.39 bits per heavy atom. The van der Waals surface area contributed by atoms with Crippen LogP contribution in [0.5, 0.6) is 0 Å². The van der Waals surface area contributed by atoms with Crippen LogP contribution in [0.4, 0.5) is 0 Å². The van der Waals surface area contributed by atoms with Crippen molar-refractivity contribution in [3.8, 4) is 11.4 Å². The maximum Gasteiger partial charge on any atom is 0.230 e. The highest BCUT2D eigenvalue weighted by Gasteiger charge is 2.28. The highest BCUT2D eigenvalue weighted by atomic mass is 32.2. The highest BCUT2D eigenvalue weighted by molar-refractivity contribution is 7.99. The second-order valence-electron chi connectivity index (χ2n) is 6.16. The molecule has 23 heavy (non-hydrogen) atoms. The lowest BCUT2D eigenvalue weighted by Crippen LogP contribution is -2.35. The zero-order chi connectivity index (χ0) is 16.4. The number of amides is 1. The lowest BCUT2D eigenvalue weighted by molar-refractivity contribution is -0.119. The molecule has 1 amide bonds. The maximum absolute atomic E-state index is 12.0. The van der Waals surface area contributed by atoms with E-state index in [4.69, 9.17) is 0 Å². The van der Waals surface area contributed by atoms with Gasteiger partial charge in [0.25, 0.3) is 0 Å². The molecule has 5 nitrogen and oxygen atoms in total. The van der Waals surface area contributed by atoms with Crippen LogP contribution in [0.1, 0.15) is 25.3 Å². The van der Waals surface area contributed by atoms with Crippen molar-refractivity contribution in [2.45, 2.75) is 37.9 Å². The fraction of sp³-hybridized carbons (Fsp3) is 0.471. The molecule has 1 unspecified atom stereocenters. The highest BCUT2D eigenvalue weighted by Crippen LogP contribution is 2.32. The number of hydrogen-bond acceptors (Lipinski definition) is 4. The van der Waals surface area contributed by atoms with Gasteiger partial charge >= 0.3 is 0 Å². The van der Waals surface area contributed by atoms with Crippen molar-refractivity contribution in [3.63, 3.8) is 0 Å². The van der Waals surface area contributed by atoms with Crippen molar-refractivity contribution < 1.29 is 4.79 Å². The zero-order valence-corrected chi connectivity index (χ0v) is 14.6. The van der Waals surface area contributed by atoms with Crippen molar-refractivity contribution >= 4 is 17.7 Å². The average molecular weight is 330 g/mol. The van der Waals surface area contributed by atoms with E-state index in [1.165, 1.54) is 24.6 Å². The number of nitrogens with zero attached hydrogens (tertiary/aromatic N) is 3. The van der Waals surface area contributed by atoms with Gasteiger partial charge in [-0.3, -0.25) is 4.79 Å². The Morgan fingerprint density at radius 3 is 2.83 bits per heavy atom. The Hall–Kier alpha value is -1.82. The fourth-order valence-corrected chi connectivity index (χ4v) is 3.36. The summed E-state index contributed by atoms with van der Waals surface area (Å²) >= 11 is 1.43. The Kier molecular flexibility index (Phi) is 4.71. The second kappa shape index (κ2) is 6.74. The molecule has 2 aromatic rings. The van der Waals surface area contributed by atoms with Crippen molar-refractivity contribution in [2.24, 2.45) is 13.0 Å². The number of benzene rings is 1. The van der Waals surface area contributed by atoms with Crippen molar-refractivity contribution in [1.29, 1.82) is 0 Å². The first-order valence-corrected chi connectivity index (χ1v) is 8.92. The molecule has 1 aliphatic rings. The SMILES string of the molecule is Cc1ccccc1-c1nnc(SCC(=O)NC(C)C2CC2)n1C. The van der Waals surface area contributed by atoms with Gasteiger partial charge in [-0.1, -0.05) is 36.0 Å². The van der Waals surface area contributed by atoms with Crippen LogP contribution < -0.4 is 5.32 Å². The third-order valence-electron chi connectivity index (χ3n) is 4.27. The number of hydrogen-bond donors (Lipinski definition) is 1. The molecule has 1 saturated carbocycles. The van der Waals surface area contributed by atoms with Crippen LogP contribution >= 0.6 is 11.8 Å². The van der Waals surface area contributed by atoms with Gasteiger partial charge in [-0.2, -0.15) is 0 Å². The molecule has 1 aromatic carbocycles. The normalized spacial score (nSPS) is 15.4. The first-order valence-electron chi connectivity index (χ1n) is 7.94. The number of carbonyl (C=O) groups is 1. The molecule has 6 heteroatoms. The van der Waals surface area contributed by atoms with E-state index in [1.54, 1.807) is 0 Å². The minimum Gasteiger partial charge on any atom is -0.353 e. The summed E-state index contributed by atoms with van der Waals surface area (Å²) in [6.45, 7) is 4.14. The summed E-state index contributed by atoms with van der Waals surface area (Å²) in [4.78, 5) is 12.0. The first kappa shape index (κ1) is 16.1. The van der Waals surface area contributed by atoms with E-state index in [-0.39, 0.29) is 11.9 Å². The largest absolute Gasteiger partial charge is 0.353 e. The topological polar surface area (TPSA) is 59.8 Å². The summed E-state index contributed by atoms with van der Waals surface area (Å²) in [7, 11) is 1.94. The molecular weight excluding hydrogens is 308 g/mol. The first-order chi connectivity index (χ1) is 11.1. The van der Waals surface area contributed by atoms with Gasteiger partial charge in [-0.05, 0) is 38.2 Å². The monoisotopic (exact) mass is 330 g/mol. The summed E-state index contributed by atoms with van der Waals surface area (Å²) in [5.41, 5.74) is 2.23. The summed E-state index contributed by atoms with van der Waals surface area (Å²) in [6.07, 6.45) is 2.47. The molecule has 0 bridgehead atoms. The van der Waals surface area contributed by atoms with Gasteiger partial charge in [0.2, 0.25) is 5.91 Å². The van der Waals surface area contributed by atoms with E-state index >= 15 is 0 Å². The predicted octanol–water partition coefficient (Wildman–Crippen LogP) is 2.80. The predicted molar refractivity (Wildman–Crippen MR) is 92.2 cm³/mol. The molecule has 1 heterocycles. The lowest BCUT2D eigenvalue weighted by atomic mass is 10.1. The Labute approximate surface area is 140 Å². The molecule has 1 aliphatic carbocycles. The number of aromatic nitrogens is 3. The van der Waals surface area contributed by atoms with E-state index in [9.17, 15) is 4.79 Å². The number of carbonyl (C=O) groups excluding carboxylic acids is 1. The summed E-state index contributed by atoms with van der Waals surface area (Å²) < 4.78 is 1.95. The lowest BCUT2D eigenvalue weighted by Gasteiger charge is -2.12. The summed E-state index contributed by atoms with van der Waals surface area (Å²) in [5.74, 6) is 1.94.